The Hall–Kier alpha value is -2.78. The number of Topliss-reactive ketones (excluding diaryl/α,β-unsaturated/α-hetero) is 1. The van der Waals surface area contributed by atoms with Crippen LogP contribution in [-0.2, 0) is 6.61 Å². The number of ether oxygens (including phenoxy) is 1. The van der Waals surface area contributed by atoms with Gasteiger partial charge in [-0.25, -0.2) is 4.98 Å². The van der Waals surface area contributed by atoms with E-state index in [0.717, 1.165) is 11.3 Å². The summed E-state index contributed by atoms with van der Waals surface area (Å²) in [6.45, 7) is 3.06. The Morgan fingerprint density at radius 3 is 2.81 bits per heavy atom. The van der Waals surface area contributed by atoms with Crippen molar-refractivity contribution in [1.82, 2.24) is 9.97 Å². The molecule has 2 aromatic heterocycles. The number of ketones is 1. The van der Waals surface area contributed by atoms with E-state index in [2.05, 4.69) is 9.97 Å². The number of non-ortho nitro benzene ring substituents is 1. The van der Waals surface area contributed by atoms with E-state index in [9.17, 15) is 19.7 Å². The monoisotopic (exact) mass is 393 g/mol. The van der Waals surface area contributed by atoms with Crippen LogP contribution in [0.1, 0.15) is 28.0 Å². The SMILES string of the molecule is CC(=O)c1sc2nc(COc3ccc([N+](=O)[O-])cc3Cl)[nH]c(=O)c2c1C. The van der Waals surface area contributed by atoms with Crippen LogP contribution in [-0.4, -0.2) is 20.7 Å². The average Bonchev–Trinajstić information content (AvgIpc) is 2.91. The topological polar surface area (TPSA) is 115 Å². The third-order valence-corrected chi connectivity index (χ3v) is 5.24. The first-order chi connectivity index (χ1) is 12.3. The molecular formula is C16H12ClN3O5S. The van der Waals surface area contributed by atoms with E-state index in [1.807, 2.05) is 0 Å². The minimum Gasteiger partial charge on any atom is -0.484 e. The van der Waals surface area contributed by atoms with Crippen molar-refractivity contribution in [2.75, 3.05) is 0 Å². The lowest BCUT2D eigenvalue weighted by molar-refractivity contribution is -0.384. The molecule has 0 amide bonds. The average molecular weight is 394 g/mol. The fourth-order valence-corrected chi connectivity index (χ4v) is 3.78. The van der Waals surface area contributed by atoms with Gasteiger partial charge in [0.2, 0.25) is 0 Å². The highest BCUT2D eigenvalue weighted by Gasteiger charge is 2.17. The first kappa shape index (κ1) is 18.0. The summed E-state index contributed by atoms with van der Waals surface area (Å²) in [4.78, 5) is 42.0. The summed E-state index contributed by atoms with van der Waals surface area (Å²) in [5, 5.41) is 11.2. The molecule has 0 atom stereocenters. The summed E-state index contributed by atoms with van der Waals surface area (Å²) in [6.07, 6.45) is 0. The molecular weight excluding hydrogens is 382 g/mol. The molecule has 0 fully saturated rings. The maximum absolute atomic E-state index is 12.3. The highest BCUT2D eigenvalue weighted by atomic mass is 35.5. The molecule has 1 aromatic carbocycles. The third kappa shape index (κ3) is 3.31. The first-order valence-corrected chi connectivity index (χ1v) is 8.57. The molecule has 3 rings (SSSR count). The summed E-state index contributed by atoms with van der Waals surface area (Å²) in [5.74, 6) is 0.362. The number of nitro benzene ring substituents is 1. The van der Waals surface area contributed by atoms with Gasteiger partial charge in [0.1, 0.15) is 23.0 Å². The Balaban J connectivity index is 1.89. The number of aromatic amines is 1. The van der Waals surface area contributed by atoms with Gasteiger partial charge in [-0.15, -0.1) is 11.3 Å². The van der Waals surface area contributed by atoms with Gasteiger partial charge in [0, 0.05) is 12.1 Å². The molecule has 2 heterocycles. The molecule has 0 radical (unpaired) electrons. The van der Waals surface area contributed by atoms with Crippen LogP contribution in [0.5, 0.6) is 5.75 Å². The van der Waals surface area contributed by atoms with Gasteiger partial charge in [-0.1, -0.05) is 11.6 Å². The first-order valence-electron chi connectivity index (χ1n) is 7.38. The number of carbonyl (C=O) groups excluding carboxylic acids is 1. The standard InChI is InChI=1S/C16H12ClN3O5S/c1-7-13-15(22)18-12(19-16(13)26-14(7)8(2)21)6-25-11-4-3-9(20(23)24)5-10(11)17/h3-5H,6H2,1-2H3,(H,18,19,22). The van der Waals surface area contributed by atoms with Crippen LogP contribution in [0.4, 0.5) is 5.69 Å². The van der Waals surface area contributed by atoms with Crippen LogP contribution in [0, 0.1) is 17.0 Å². The molecule has 0 aliphatic rings. The van der Waals surface area contributed by atoms with Gasteiger partial charge >= 0.3 is 0 Å². The molecule has 0 saturated carbocycles. The number of benzene rings is 1. The number of H-pyrrole nitrogens is 1. The van der Waals surface area contributed by atoms with E-state index < -0.39 is 4.92 Å². The Morgan fingerprint density at radius 1 is 1.46 bits per heavy atom. The molecule has 26 heavy (non-hydrogen) atoms. The van der Waals surface area contributed by atoms with Gasteiger partial charge in [0.25, 0.3) is 11.2 Å². The number of fused-ring (bicyclic) bond motifs is 1. The zero-order valence-electron chi connectivity index (χ0n) is 13.7. The fourth-order valence-electron chi connectivity index (χ4n) is 2.46. The lowest BCUT2D eigenvalue weighted by Crippen LogP contribution is -2.13. The van der Waals surface area contributed by atoms with Gasteiger partial charge < -0.3 is 9.72 Å². The van der Waals surface area contributed by atoms with Crippen molar-refractivity contribution in [3.05, 3.63) is 60.0 Å². The maximum atomic E-state index is 12.3. The van der Waals surface area contributed by atoms with E-state index in [-0.39, 0.29) is 40.2 Å². The highest BCUT2D eigenvalue weighted by Crippen LogP contribution is 2.30. The van der Waals surface area contributed by atoms with Gasteiger partial charge in [-0.3, -0.25) is 19.7 Å². The van der Waals surface area contributed by atoms with Crippen LogP contribution in [0.3, 0.4) is 0 Å². The van der Waals surface area contributed by atoms with Crippen LogP contribution >= 0.6 is 22.9 Å². The summed E-state index contributed by atoms with van der Waals surface area (Å²) in [7, 11) is 0. The Labute approximate surface area is 155 Å². The van der Waals surface area contributed by atoms with E-state index in [1.165, 1.54) is 25.1 Å². The number of hydrogen-bond acceptors (Lipinski definition) is 7. The molecule has 3 aromatic rings. The van der Waals surface area contributed by atoms with E-state index >= 15 is 0 Å². The molecule has 8 nitrogen and oxygen atoms in total. The summed E-state index contributed by atoms with van der Waals surface area (Å²) < 4.78 is 5.50. The summed E-state index contributed by atoms with van der Waals surface area (Å²) in [5.41, 5.74) is 0.0999. The number of hydrogen-bond donors (Lipinski definition) is 1. The van der Waals surface area contributed by atoms with Crippen LogP contribution in [0.25, 0.3) is 10.2 Å². The lowest BCUT2D eigenvalue weighted by atomic mass is 10.2. The molecule has 1 N–H and O–H groups in total. The number of rotatable bonds is 5. The number of thiophene rings is 1. The molecule has 10 heteroatoms. The van der Waals surface area contributed by atoms with Crippen molar-refractivity contribution >= 4 is 44.6 Å². The van der Waals surface area contributed by atoms with Gasteiger partial charge in [0.05, 0.1) is 20.2 Å². The van der Waals surface area contributed by atoms with Gasteiger partial charge in [-0.2, -0.15) is 0 Å². The van der Waals surface area contributed by atoms with Gasteiger partial charge in [0.15, 0.2) is 5.78 Å². The normalized spacial score (nSPS) is 10.9. The third-order valence-electron chi connectivity index (χ3n) is 3.66. The second kappa shape index (κ2) is 6.85. The van der Waals surface area contributed by atoms with E-state index in [4.69, 9.17) is 16.3 Å². The van der Waals surface area contributed by atoms with Crippen LogP contribution in [0.2, 0.25) is 5.02 Å². The molecule has 0 unspecified atom stereocenters. The number of aromatic nitrogens is 2. The number of halogens is 1. The van der Waals surface area contributed by atoms with Crippen molar-refractivity contribution in [2.24, 2.45) is 0 Å². The Bertz CT molecular complexity index is 1110. The van der Waals surface area contributed by atoms with Crippen LogP contribution in [0.15, 0.2) is 23.0 Å². The quantitative estimate of drug-likeness (QED) is 0.402. The zero-order valence-corrected chi connectivity index (χ0v) is 15.2. The summed E-state index contributed by atoms with van der Waals surface area (Å²) >= 11 is 7.12. The van der Waals surface area contributed by atoms with Crippen molar-refractivity contribution in [2.45, 2.75) is 20.5 Å². The second-order valence-corrected chi connectivity index (χ2v) is 6.87. The summed E-state index contributed by atoms with van der Waals surface area (Å²) in [6, 6.07) is 3.82. The van der Waals surface area contributed by atoms with Crippen molar-refractivity contribution in [3.63, 3.8) is 0 Å². The van der Waals surface area contributed by atoms with Crippen molar-refractivity contribution in [3.8, 4) is 5.75 Å². The lowest BCUT2D eigenvalue weighted by Gasteiger charge is -2.07. The van der Waals surface area contributed by atoms with E-state index in [1.54, 1.807) is 6.92 Å². The fraction of sp³-hybridized carbons (Fsp3) is 0.188. The predicted octanol–water partition coefficient (Wildman–Crippen LogP) is 3.64. The zero-order chi connectivity index (χ0) is 19.0. The van der Waals surface area contributed by atoms with Crippen molar-refractivity contribution in [1.29, 1.82) is 0 Å². The molecule has 134 valence electrons. The molecule has 0 aliphatic carbocycles. The number of nitro groups is 1. The number of carbonyl (C=O) groups is 1. The number of nitrogens with one attached hydrogen (secondary N) is 1. The molecule has 0 spiro atoms. The molecule has 0 saturated heterocycles. The number of aryl methyl sites for hydroxylation is 1. The number of nitrogens with zero attached hydrogens (tertiary/aromatic N) is 2. The highest BCUT2D eigenvalue weighted by molar-refractivity contribution is 7.20. The molecule has 0 aliphatic heterocycles. The maximum Gasteiger partial charge on any atom is 0.271 e. The minimum absolute atomic E-state index is 0.0773. The van der Waals surface area contributed by atoms with E-state index in [0.29, 0.717) is 20.7 Å². The Kier molecular flexibility index (Phi) is 4.75. The smallest absolute Gasteiger partial charge is 0.271 e. The largest absolute Gasteiger partial charge is 0.484 e. The Morgan fingerprint density at radius 2 is 2.19 bits per heavy atom. The predicted molar refractivity (Wildman–Crippen MR) is 97.4 cm³/mol. The molecule has 0 bridgehead atoms. The minimum atomic E-state index is -0.561. The van der Waals surface area contributed by atoms with Crippen LogP contribution < -0.4 is 10.3 Å². The van der Waals surface area contributed by atoms with Gasteiger partial charge in [-0.05, 0) is 25.5 Å². The van der Waals surface area contributed by atoms with Crippen molar-refractivity contribution < 1.29 is 14.5 Å². The second-order valence-electron chi connectivity index (χ2n) is 5.47.